The molecule has 2 aromatic rings. The van der Waals surface area contributed by atoms with Gasteiger partial charge in [-0.2, -0.15) is 0 Å². The summed E-state index contributed by atoms with van der Waals surface area (Å²) in [6.07, 6.45) is 1.76. The topological polar surface area (TPSA) is 63.6 Å². The summed E-state index contributed by atoms with van der Waals surface area (Å²) in [5.41, 5.74) is 5.31. The van der Waals surface area contributed by atoms with Crippen molar-refractivity contribution in [2.75, 3.05) is 7.11 Å². The van der Waals surface area contributed by atoms with E-state index < -0.39 is 12.1 Å². The van der Waals surface area contributed by atoms with Crippen LogP contribution in [0.5, 0.6) is 0 Å². The molecule has 0 radical (unpaired) electrons. The van der Waals surface area contributed by atoms with Gasteiger partial charge in [-0.1, -0.05) is 35.9 Å². The summed E-state index contributed by atoms with van der Waals surface area (Å²) in [4.78, 5) is 22.9. The number of benzene rings is 2. The van der Waals surface area contributed by atoms with Gasteiger partial charge < -0.3 is 9.84 Å². The Bertz CT molecular complexity index is 915. The van der Waals surface area contributed by atoms with E-state index in [0.29, 0.717) is 5.56 Å². The maximum Gasteiger partial charge on any atom is 0.313 e. The molecule has 4 nitrogen and oxygen atoms in total. The molecule has 1 N–H and O–H groups in total. The van der Waals surface area contributed by atoms with Crippen molar-refractivity contribution in [3.63, 3.8) is 0 Å². The molecule has 0 aliphatic carbocycles. The first-order chi connectivity index (χ1) is 13.2. The van der Waals surface area contributed by atoms with Crippen molar-refractivity contribution < 1.29 is 23.8 Å². The number of carbonyl (C=O) groups excluding carboxylic acids is 2. The van der Waals surface area contributed by atoms with Crippen molar-refractivity contribution in [2.24, 2.45) is 0 Å². The number of halogens is 1. The summed E-state index contributed by atoms with van der Waals surface area (Å²) in [5, 5.41) is 10.1. The molecule has 5 heteroatoms. The molecule has 1 unspecified atom stereocenters. The van der Waals surface area contributed by atoms with Gasteiger partial charge in [-0.3, -0.25) is 9.59 Å². The molecule has 0 heterocycles. The minimum absolute atomic E-state index is 0.165. The summed E-state index contributed by atoms with van der Waals surface area (Å²) >= 11 is 0. The first-order valence-electron chi connectivity index (χ1n) is 9.03. The molecule has 0 fully saturated rings. The summed E-state index contributed by atoms with van der Waals surface area (Å²) in [6, 6.07) is 8.99. The number of hydrogen-bond acceptors (Lipinski definition) is 4. The zero-order valence-electron chi connectivity index (χ0n) is 16.6. The smallest absolute Gasteiger partial charge is 0.313 e. The fourth-order valence-electron chi connectivity index (χ4n) is 3.06. The highest BCUT2D eigenvalue weighted by Gasteiger charge is 2.14. The predicted molar refractivity (Wildman–Crippen MR) is 107 cm³/mol. The number of rotatable bonds is 7. The molecule has 2 rings (SSSR count). The molecular formula is C23H25FO4. The van der Waals surface area contributed by atoms with Crippen LogP contribution in [-0.2, 0) is 14.3 Å². The summed E-state index contributed by atoms with van der Waals surface area (Å²) in [7, 11) is 1.21. The first kappa shape index (κ1) is 21.5. The lowest BCUT2D eigenvalue weighted by Crippen LogP contribution is -2.15. The van der Waals surface area contributed by atoms with Crippen LogP contribution in [0.15, 0.2) is 36.4 Å². The van der Waals surface area contributed by atoms with Gasteiger partial charge in [0.15, 0.2) is 0 Å². The molecule has 0 amide bonds. The molecule has 2 aromatic carbocycles. The number of aliphatic hydroxyl groups excluding tert-OH is 1. The molecule has 0 spiro atoms. The molecule has 0 aliphatic rings. The number of aryl methyl sites for hydroxylation is 3. The van der Waals surface area contributed by atoms with E-state index in [1.54, 1.807) is 25.1 Å². The van der Waals surface area contributed by atoms with E-state index in [0.717, 1.165) is 27.8 Å². The largest absolute Gasteiger partial charge is 0.469 e. The normalized spacial score (nSPS) is 12.2. The average molecular weight is 384 g/mol. The average Bonchev–Trinajstić information content (AvgIpc) is 2.62. The fourth-order valence-corrected chi connectivity index (χ4v) is 3.06. The second-order valence-corrected chi connectivity index (χ2v) is 6.93. The second-order valence-electron chi connectivity index (χ2n) is 6.93. The Balaban J connectivity index is 2.29. The highest BCUT2D eigenvalue weighted by atomic mass is 19.1. The monoisotopic (exact) mass is 384 g/mol. The Hall–Kier alpha value is -2.79. The van der Waals surface area contributed by atoms with Crippen LogP contribution < -0.4 is 0 Å². The zero-order valence-corrected chi connectivity index (χ0v) is 16.6. The molecule has 148 valence electrons. The van der Waals surface area contributed by atoms with Gasteiger partial charge in [0.1, 0.15) is 18.0 Å². The van der Waals surface area contributed by atoms with Gasteiger partial charge in [0.05, 0.1) is 13.2 Å². The van der Waals surface area contributed by atoms with Crippen LogP contribution in [0.1, 0.15) is 35.1 Å². The minimum atomic E-state index is -1.01. The lowest BCUT2D eigenvalue weighted by atomic mass is 9.92. The summed E-state index contributed by atoms with van der Waals surface area (Å²) in [5.74, 6) is -1.27. The van der Waals surface area contributed by atoms with Gasteiger partial charge in [-0.25, -0.2) is 4.39 Å². The number of carbonyl (C=O) groups is 2. The Morgan fingerprint density at radius 1 is 1.14 bits per heavy atom. The summed E-state index contributed by atoms with van der Waals surface area (Å²) < 4.78 is 18.1. The third-order valence-electron chi connectivity index (χ3n) is 4.49. The Labute approximate surface area is 164 Å². The van der Waals surface area contributed by atoms with Crippen LogP contribution in [0.25, 0.3) is 17.2 Å². The molecule has 0 saturated heterocycles. The highest BCUT2D eigenvalue weighted by Crippen LogP contribution is 2.30. The Kier molecular flexibility index (Phi) is 7.24. The van der Waals surface area contributed by atoms with E-state index in [4.69, 9.17) is 0 Å². The van der Waals surface area contributed by atoms with Crippen LogP contribution in [-0.4, -0.2) is 30.1 Å². The van der Waals surface area contributed by atoms with Gasteiger partial charge in [0.2, 0.25) is 0 Å². The lowest BCUT2D eigenvalue weighted by Gasteiger charge is -2.13. The zero-order chi connectivity index (χ0) is 20.8. The van der Waals surface area contributed by atoms with E-state index in [1.165, 1.54) is 19.3 Å². The lowest BCUT2D eigenvalue weighted by molar-refractivity contribution is -0.143. The third-order valence-corrected chi connectivity index (χ3v) is 4.49. The van der Waals surface area contributed by atoms with Crippen molar-refractivity contribution in [3.8, 4) is 11.1 Å². The van der Waals surface area contributed by atoms with E-state index >= 15 is 0 Å². The number of methoxy groups -OCH3 is 1. The van der Waals surface area contributed by atoms with E-state index in [-0.39, 0.29) is 24.4 Å². The van der Waals surface area contributed by atoms with E-state index in [1.807, 2.05) is 26.0 Å². The van der Waals surface area contributed by atoms with Gasteiger partial charge in [-0.15, -0.1) is 0 Å². The fraction of sp³-hybridized carbons (Fsp3) is 0.304. The number of ether oxygens (including phenoxy) is 1. The van der Waals surface area contributed by atoms with E-state index in [2.05, 4.69) is 4.74 Å². The highest BCUT2D eigenvalue weighted by molar-refractivity contribution is 5.95. The Morgan fingerprint density at radius 2 is 1.86 bits per heavy atom. The second kappa shape index (κ2) is 9.42. The number of hydrogen-bond donors (Lipinski definition) is 1. The standard InChI is InChI=1S/C23H25FO4/c1-14-9-15(2)20(7-6-18(25)12-19(26)13-23(27)28-4)21(10-14)17-5-8-22(24)16(3)11-17/h5-11,18,25H,12-13H2,1-4H3. The Morgan fingerprint density at radius 3 is 2.50 bits per heavy atom. The first-order valence-corrected chi connectivity index (χ1v) is 9.03. The van der Waals surface area contributed by atoms with Crippen LogP contribution in [0, 0.1) is 26.6 Å². The maximum absolute atomic E-state index is 13.7. The molecule has 0 aromatic heterocycles. The third kappa shape index (κ3) is 5.60. The van der Waals surface area contributed by atoms with Gasteiger partial charge in [-0.05, 0) is 60.7 Å². The maximum atomic E-state index is 13.7. The van der Waals surface area contributed by atoms with Gasteiger partial charge >= 0.3 is 5.97 Å². The predicted octanol–water partition coefficient (Wildman–Crippen LogP) is 4.31. The van der Waals surface area contributed by atoms with Crippen LogP contribution >= 0.6 is 0 Å². The number of Topliss-reactive ketones (excluding diaryl/α,β-unsaturated/α-hetero) is 1. The van der Waals surface area contributed by atoms with Crippen LogP contribution in [0.2, 0.25) is 0 Å². The van der Waals surface area contributed by atoms with Crippen LogP contribution in [0.4, 0.5) is 4.39 Å². The molecule has 1 atom stereocenters. The SMILES string of the molecule is COC(=O)CC(=O)CC(O)C=Cc1c(C)cc(C)cc1-c1ccc(F)c(C)c1. The molecule has 0 aliphatic heterocycles. The number of esters is 1. The van der Waals surface area contributed by atoms with Gasteiger partial charge in [0, 0.05) is 6.42 Å². The number of ketones is 1. The van der Waals surface area contributed by atoms with Crippen molar-refractivity contribution in [3.05, 3.63) is 64.5 Å². The van der Waals surface area contributed by atoms with Crippen molar-refractivity contribution in [1.82, 2.24) is 0 Å². The van der Waals surface area contributed by atoms with Crippen LogP contribution in [0.3, 0.4) is 0 Å². The molecule has 0 bridgehead atoms. The summed E-state index contributed by atoms with van der Waals surface area (Å²) in [6.45, 7) is 5.66. The van der Waals surface area contributed by atoms with Gasteiger partial charge in [0.25, 0.3) is 0 Å². The van der Waals surface area contributed by atoms with Crippen molar-refractivity contribution in [2.45, 2.75) is 39.7 Å². The molecular weight excluding hydrogens is 359 g/mol. The quantitative estimate of drug-likeness (QED) is 0.571. The van der Waals surface area contributed by atoms with Crippen molar-refractivity contribution in [1.29, 1.82) is 0 Å². The molecule has 0 saturated carbocycles. The minimum Gasteiger partial charge on any atom is -0.469 e. The van der Waals surface area contributed by atoms with E-state index in [9.17, 15) is 19.1 Å². The number of aliphatic hydroxyl groups is 1. The molecule has 28 heavy (non-hydrogen) atoms. The van der Waals surface area contributed by atoms with Crippen molar-refractivity contribution >= 4 is 17.8 Å².